The van der Waals surface area contributed by atoms with Gasteiger partial charge in [0.15, 0.2) is 0 Å². The zero-order chi connectivity index (χ0) is 10.6. The Morgan fingerprint density at radius 1 is 1.29 bits per heavy atom. The lowest BCUT2D eigenvalue weighted by Gasteiger charge is -2.18. The molecule has 1 aromatic rings. The van der Waals surface area contributed by atoms with E-state index in [-0.39, 0.29) is 0 Å². The third-order valence-corrected chi connectivity index (χ3v) is 1.82. The standard InChI is InChI=1S/C11H17NO2/c1-11(2,13)8-12-9-4-6-10(14-3)7-5-9/h4-7,12-13H,8H2,1-3H3. The average molecular weight is 195 g/mol. The first-order valence-electron chi connectivity index (χ1n) is 4.61. The van der Waals surface area contributed by atoms with Gasteiger partial charge in [-0.25, -0.2) is 0 Å². The number of rotatable bonds is 4. The number of methoxy groups -OCH3 is 1. The predicted molar refractivity (Wildman–Crippen MR) is 57.8 cm³/mol. The van der Waals surface area contributed by atoms with Gasteiger partial charge in [-0.05, 0) is 38.1 Å². The second-order valence-electron chi connectivity index (χ2n) is 3.89. The van der Waals surface area contributed by atoms with Crippen molar-refractivity contribution < 1.29 is 9.84 Å². The van der Waals surface area contributed by atoms with Gasteiger partial charge in [0.2, 0.25) is 0 Å². The predicted octanol–water partition coefficient (Wildman–Crippen LogP) is 1.88. The molecule has 1 rings (SSSR count). The molecule has 2 N–H and O–H groups in total. The summed E-state index contributed by atoms with van der Waals surface area (Å²) in [4.78, 5) is 0. The van der Waals surface area contributed by atoms with Crippen molar-refractivity contribution >= 4 is 5.69 Å². The molecule has 0 aliphatic carbocycles. The number of hydrogen-bond acceptors (Lipinski definition) is 3. The molecule has 0 atom stereocenters. The van der Waals surface area contributed by atoms with Crippen molar-refractivity contribution in [3.63, 3.8) is 0 Å². The molecule has 0 fully saturated rings. The highest BCUT2D eigenvalue weighted by molar-refractivity contribution is 5.46. The van der Waals surface area contributed by atoms with Crippen LogP contribution in [0.2, 0.25) is 0 Å². The molecule has 0 radical (unpaired) electrons. The normalized spacial score (nSPS) is 11.1. The number of anilines is 1. The summed E-state index contributed by atoms with van der Waals surface area (Å²) in [7, 11) is 1.64. The fourth-order valence-corrected chi connectivity index (χ4v) is 1.03. The molecule has 3 heteroatoms. The third kappa shape index (κ3) is 3.66. The van der Waals surface area contributed by atoms with Crippen LogP contribution in [0.1, 0.15) is 13.8 Å². The summed E-state index contributed by atoms with van der Waals surface area (Å²) >= 11 is 0. The minimum Gasteiger partial charge on any atom is -0.497 e. The van der Waals surface area contributed by atoms with Crippen molar-refractivity contribution in [2.45, 2.75) is 19.4 Å². The van der Waals surface area contributed by atoms with Crippen molar-refractivity contribution in [1.82, 2.24) is 0 Å². The van der Waals surface area contributed by atoms with Gasteiger partial charge in [-0.15, -0.1) is 0 Å². The lowest BCUT2D eigenvalue weighted by Crippen LogP contribution is -2.29. The molecule has 3 nitrogen and oxygen atoms in total. The van der Waals surface area contributed by atoms with Crippen molar-refractivity contribution in [2.75, 3.05) is 19.0 Å². The van der Waals surface area contributed by atoms with Crippen LogP contribution in [0, 0.1) is 0 Å². The topological polar surface area (TPSA) is 41.5 Å². The number of aliphatic hydroxyl groups is 1. The molecular weight excluding hydrogens is 178 g/mol. The first-order chi connectivity index (χ1) is 6.51. The molecule has 0 unspecified atom stereocenters. The van der Waals surface area contributed by atoms with Crippen LogP contribution in [0.25, 0.3) is 0 Å². The van der Waals surface area contributed by atoms with E-state index < -0.39 is 5.60 Å². The maximum absolute atomic E-state index is 9.49. The van der Waals surface area contributed by atoms with Crippen LogP contribution >= 0.6 is 0 Å². The molecule has 78 valence electrons. The summed E-state index contributed by atoms with van der Waals surface area (Å²) in [6.45, 7) is 4.06. The molecule has 0 heterocycles. The molecule has 0 aromatic heterocycles. The van der Waals surface area contributed by atoms with Crippen LogP contribution in [0.5, 0.6) is 5.75 Å². The minimum absolute atomic E-state index is 0.527. The summed E-state index contributed by atoms with van der Waals surface area (Å²) < 4.78 is 5.04. The Hall–Kier alpha value is -1.22. The molecular formula is C11H17NO2. The van der Waals surface area contributed by atoms with Crippen molar-refractivity contribution in [3.8, 4) is 5.75 Å². The van der Waals surface area contributed by atoms with E-state index in [0.29, 0.717) is 6.54 Å². The summed E-state index contributed by atoms with van der Waals surface area (Å²) in [6.07, 6.45) is 0. The van der Waals surface area contributed by atoms with Gasteiger partial charge in [-0.3, -0.25) is 0 Å². The minimum atomic E-state index is -0.695. The Balaban J connectivity index is 2.52. The van der Waals surface area contributed by atoms with E-state index in [0.717, 1.165) is 11.4 Å². The fourth-order valence-electron chi connectivity index (χ4n) is 1.03. The summed E-state index contributed by atoms with van der Waals surface area (Å²) in [5, 5.41) is 12.6. The Morgan fingerprint density at radius 3 is 2.29 bits per heavy atom. The van der Waals surface area contributed by atoms with Crippen molar-refractivity contribution in [1.29, 1.82) is 0 Å². The monoisotopic (exact) mass is 195 g/mol. The van der Waals surface area contributed by atoms with Gasteiger partial charge in [0.05, 0.1) is 12.7 Å². The van der Waals surface area contributed by atoms with E-state index in [1.807, 2.05) is 24.3 Å². The van der Waals surface area contributed by atoms with Gasteiger partial charge >= 0.3 is 0 Å². The Morgan fingerprint density at radius 2 is 1.86 bits per heavy atom. The van der Waals surface area contributed by atoms with Crippen LogP contribution in [0.4, 0.5) is 5.69 Å². The molecule has 0 aliphatic rings. The van der Waals surface area contributed by atoms with E-state index in [4.69, 9.17) is 4.74 Å². The first kappa shape index (κ1) is 10.9. The Bertz CT molecular complexity index is 274. The van der Waals surface area contributed by atoms with E-state index in [9.17, 15) is 5.11 Å². The number of hydrogen-bond donors (Lipinski definition) is 2. The summed E-state index contributed by atoms with van der Waals surface area (Å²) in [5.41, 5.74) is 0.285. The van der Waals surface area contributed by atoms with Crippen LogP contribution in [0.3, 0.4) is 0 Å². The molecule has 0 bridgehead atoms. The van der Waals surface area contributed by atoms with Gasteiger partial charge < -0.3 is 15.2 Å². The van der Waals surface area contributed by atoms with E-state index in [2.05, 4.69) is 5.32 Å². The summed E-state index contributed by atoms with van der Waals surface area (Å²) in [6, 6.07) is 7.61. The van der Waals surface area contributed by atoms with Crippen molar-refractivity contribution in [2.24, 2.45) is 0 Å². The Labute approximate surface area is 84.7 Å². The quantitative estimate of drug-likeness (QED) is 0.770. The van der Waals surface area contributed by atoms with E-state index >= 15 is 0 Å². The molecule has 14 heavy (non-hydrogen) atoms. The highest BCUT2D eigenvalue weighted by Gasteiger charge is 2.11. The smallest absolute Gasteiger partial charge is 0.119 e. The van der Waals surface area contributed by atoms with E-state index in [1.165, 1.54) is 0 Å². The maximum atomic E-state index is 9.49. The molecule has 0 aliphatic heterocycles. The van der Waals surface area contributed by atoms with Gasteiger partial charge in [-0.1, -0.05) is 0 Å². The molecule has 0 spiro atoms. The highest BCUT2D eigenvalue weighted by atomic mass is 16.5. The van der Waals surface area contributed by atoms with Crippen LogP contribution < -0.4 is 10.1 Å². The molecule has 0 amide bonds. The first-order valence-corrected chi connectivity index (χ1v) is 4.61. The number of nitrogens with one attached hydrogen (secondary N) is 1. The maximum Gasteiger partial charge on any atom is 0.119 e. The van der Waals surface area contributed by atoms with Gasteiger partial charge in [0.25, 0.3) is 0 Å². The number of benzene rings is 1. The second-order valence-corrected chi connectivity index (χ2v) is 3.89. The largest absolute Gasteiger partial charge is 0.497 e. The fraction of sp³-hybridized carbons (Fsp3) is 0.455. The van der Waals surface area contributed by atoms with Crippen LogP contribution in [0.15, 0.2) is 24.3 Å². The van der Waals surface area contributed by atoms with Gasteiger partial charge in [0, 0.05) is 12.2 Å². The van der Waals surface area contributed by atoms with Crippen LogP contribution in [-0.4, -0.2) is 24.4 Å². The lowest BCUT2D eigenvalue weighted by molar-refractivity contribution is 0.0945. The zero-order valence-electron chi connectivity index (χ0n) is 8.87. The molecule has 0 saturated heterocycles. The number of ether oxygens (including phenoxy) is 1. The molecule has 1 aromatic carbocycles. The van der Waals surface area contributed by atoms with Crippen LogP contribution in [-0.2, 0) is 0 Å². The Kier molecular flexibility index (Phi) is 3.36. The van der Waals surface area contributed by atoms with Gasteiger partial charge in [-0.2, -0.15) is 0 Å². The zero-order valence-corrected chi connectivity index (χ0v) is 8.87. The molecule has 0 saturated carbocycles. The summed E-state index contributed by atoms with van der Waals surface area (Å²) in [5.74, 6) is 0.832. The van der Waals surface area contributed by atoms with E-state index in [1.54, 1.807) is 21.0 Å². The van der Waals surface area contributed by atoms with Crippen molar-refractivity contribution in [3.05, 3.63) is 24.3 Å². The van der Waals surface area contributed by atoms with Gasteiger partial charge in [0.1, 0.15) is 5.75 Å². The third-order valence-electron chi connectivity index (χ3n) is 1.82. The average Bonchev–Trinajstić information content (AvgIpc) is 2.14. The lowest BCUT2D eigenvalue weighted by atomic mass is 10.1. The second kappa shape index (κ2) is 4.33. The highest BCUT2D eigenvalue weighted by Crippen LogP contribution is 2.15. The SMILES string of the molecule is COc1ccc(NCC(C)(C)O)cc1.